The van der Waals surface area contributed by atoms with Crippen molar-refractivity contribution in [3.05, 3.63) is 0 Å². The van der Waals surface area contributed by atoms with E-state index in [0.717, 1.165) is 18.1 Å². The average Bonchev–Trinajstić information content (AvgIpc) is 2.80. The molecule has 2 heterocycles. The molecule has 1 saturated carbocycles. The second-order valence-corrected chi connectivity index (χ2v) is 4.73. The summed E-state index contributed by atoms with van der Waals surface area (Å²) in [5, 5.41) is 7.03. The first kappa shape index (κ1) is 8.21. The topological polar surface area (TPSA) is 27.3 Å². The van der Waals surface area contributed by atoms with Crippen LogP contribution in [0.25, 0.3) is 0 Å². The van der Waals surface area contributed by atoms with Gasteiger partial charge < -0.3 is 10.6 Å². The molecule has 0 aromatic heterocycles. The van der Waals surface area contributed by atoms with Crippen molar-refractivity contribution in [2.24, 2.45) is 0 Å². The maximum Gasteiger partial charge on any atom is 0.0320 e. The Balaban J connectivity index is 1.45. The van der Waals surface area contributed by atoms with E-state index in [9.17, 15) is 0 Å². The van der Waals surface area contributed by atoms with Crippen molar-refractivity contribution in [1.82, 2.24) is 15.5 Å². The van der Waals surface area contributed by atoms with E-state index in [1.807, 2.05) is 0 Å². The number of rotatable bonds is 3. The fourth-order valence-corrected chi connectivity index (χ4v) is 2.43. The van der Waals surface area contributed by atoms with Crippen molar-refractivity contribution in [2.45, 2.75) is 37.4 Å². The molecule has 2 N–H and O–H groups in total. The lowest BCUT2D eigenvalue weighted by Gasteiger charge is -2.31. The summed E-state index contributed by atoms with van der Waals surface area (Å²) in [6, 6.07) is 2.52. The summed E-state index contributed by atoms with van der Waals surface area (Å²) in [4.78, 5) is 2.67. The third-order valence-corrected chi connectivity index (χ3v) is 3.54. The molecule has 3 fully saturated rings. The Morgan fingerprint density at radius 2 is 1.92 bits per heavy atom. The van der Waals surface area contributed by atoms with Gasteiger partial charge in [0.2, 0.25) is 0 Å². The van der Waals surface area contributed by atoms with Crippen LogP contribution >= 0.6 is 0 Å². The molecule has 0 aromatic carbocycles. The van der Waals surface area contributed by atoms with Crippen molar-refractivity contribution >= 4 is 0 Å². The Kier molecular flexibility index (Phi) is 2.04. The Hall–Kier alpha value is -0.120. The van der Waals surface area contributed by atoms with Crippen LogP contribution in [-0.4, -0.2) is 49.2 Å². The molecule has 0 aromatic rings. The minimum atomic E-state index is 0.768. The van der Waals surface area contributed by atoms with Gasteiger partial charge in [0.05, 0.1) is 0 Å². The lowest BCUT2D eigenvalue weighted by molar-refractivity contribution is 0.293. The Morgan fingerprint density at radius 3 is 2.54 bits per heavy atom. The second kappa shape index (κ2) is 3.23. The third kappa shape index (κ3) is 1.73. The highest BCUT2D eigenvalue weighted by Crippen LogP contribution is 2.29. The molecule has 74 valence electrons. The summed E-state index contributed by atoms with van der Waals surface area (Å²) in [6.45, 7) is 5.00. The normalized spacial score (nSPS) is 36.5. The van der Waals surface area contributed by atoms with Crippen LogP contribution in [0.1, 0.15) is 19.3 Å². The molecule has 1 unspecified atom stereocenters. The van der Waals surface area contributed by atoms with Gasteiger partial charge in [-0.2, -0.15) is 0 Å². The first-order chi connectivity index (χ1) is 6.42. The molecule has 3 heteroatoms. The van der Waals surface area contributed by atoms with E-state index in [4.69, 9.17) is 0 Å². The zero-order chi connectivity index (χ0) is 8.67. The second-order valence-electron chi connectivity index (χ2n) is 4.73. The molecular formula is C10H19N3. The highest BCUT2D eigenvalue weighted by molar-refractivity contribution is 4.94. The summed E-state index contributed by atoms with van der Waals surface area (Å²) in [5.74, 6) is 0. The highest BCUT2D eigenvalue weighted by Gasteiger charge is 2.35. The first-order valence-corrected chi connectivity index (χ1v) is 5.62. The third-order valence-electron chi connectivity index (χ3n) is 3.54. The zero-order valence-corrected chi connectivity index (χ0v) is 8.13. The van der Waals surface area contributed by atoms with Crippen molar-refractivity contribution < 1.29 is 0 Å². The number of likely N-dealkylation sites (tertiary alicyclic amines) is 1. The number of hydrogen-bond donors (Lipinski definition) is 2. The van der Waals surface area contributed by atoms with Crippen LogP contribution in [0.5, 0.6) is 0 Å². The Labute approximate surface area is 79.9 Å². The molecule has 1 atom stereocenters. The largest absolute Gasteiger partial charge is 0.314 e. The van der Waals surface area contributed by atoms with Crippen molar-refractivity contribution in [3.8, 4) is 0 Å². The van der Waals surface area contributed by atoms with Gasteiger partial charge in [0, 0.05) is 44.3 Å². The average molecular weight is 181 g/mol. The maximum atomic E-state index is 3.72. The van der Waals surface area contributed by atoms with E-state index >= 15 is 0 Å². The van der Waals surface area contributed by atoms with Gasteiger partial charge in [0.15, 0.2) is 0 Å². The minimum Gasteiger partial charge on any atom is -0.314 e. The summed E-state index contributed by atoms with van der Waals surface area (Å²) in [6.07, 6.45) is 4.28. The van der Waals surface area contributed by atoms with Crippen LogP contribution in [0.2, 0.25) is 0 Å². The molecule has 0 radical (unpaired) electrons. The predicted octanol–water partition coefficient (Wildman–Crippen LogP) is -0.215. The van der Waals surface area contributed by atoms with Gasteiger partial charge in [-0.25, -0.2) is 0 Å². The van der Waals surface area contributed by atoms with E-state index in [0.29, 0.717) is 0 Å². The molecule has 3 nitrogen and oxygen atoms in total. The molecule has 2 saturated heterocycles. The lowest BCUT2D eigenvalue weighted by Crippen LogP contribution is -2.58. The standard InChI is InChI=1S/C10H19N3/c1-2-10(1)13-4-3-8(7-13)12-9-5-11-6-9/h8-12H,1-7H2. The van der Waals surface area contributed by atoms with E-state index in [1.54, 1.807) is 0 Å². The maximum absolute atomic E-state index is 3.72. The van der Waals surface area contributed by atoms with Gasteiger partial charge in [-0.05, 0) is 19.3 Å². The first-order valence-electron chi connectivity index (χ1n) is 5.62. The molecule has 0 bridgehead atoms. The van der Waals surface area contributed by atoms with Crippen LogP contribution in [0.15, 0.2) is 0 Å². The van der Waals surface area contributed by atoms with Crippen LogP contribution in [0, 0.1) is 0 Å². The zero-order valence-electron chi connectivity index (χ0n) is 8.13. The van der Waals surface area contributed by atoms with Crippen LogP contribution < -0.4 is 10.6 Å². The summed E-state index contributed by atoms with van der Waals surface area (Å²) < 4.78 is 0. The van der Waals surface area contributed by atoms with Gasteiger partial charge in [-0.1, -0.05) is 0 Å². The van der Waals surface area contributed by atoms with E-state index in [1.165, 1.54) is 45.4 Å². The molecule has 3 aliphatic rings. The molecule has 0 amide bonds. The Morgan fingerprint density at radius 1 is 1.08 bits per heavy atom. The number of nitrogens with one attached hydrogen (secondary N) is 2. The fraction of sp³-hybridized carbons (Fsp3) is 1.00. The summed E-state index contributed by atoms with van der Waals surface area (Å²) >= 11 is 0. The van der Waals surface area contributed by atoms with Gasteiger partial charge >= 0.3 is 0 Å². The predicted molar refractivity (Wildman–Crippen MR) is 52.8 cm³/mol. The SMILES string of the molecule is C1CN(C2CC2)CC1NC1CNC1. The van der Waals surface area contributed by atoms with Crippen LogP contribution in [0.3, 0.4) is 0 Å². The summed E-state index contributed by atoms with van der Waals surface area (Å²) in [5.41, 5.74) is 0. The van der Waals surface area contributed by atoms with Crippen LogP contribution in [0.4, 0.5) is 0 Å². The molecule has 1 aliphatic carbocycles. The quantitative estimate of drug-likeness (QED) is 0.630. The van der Waals surface area contributed by atoms with E-state index in [-0.39, 0.29) is 0 Å². The molecular weight excluding hydrogens is 162 g/mol. The van der Waals surface area contributed by atoms with Gasteiger partial charge in [0.25, 0.3) is 0 Å². The minimum absolute atomic E-state index is 0.768. The van der Waals surface area contributed by atoms with Gasteiger partial charge in [-0.15, -0.1) is 0 Å². The monoisotopic (exact) mass is 181 g/mol. The highest BCUT2D eigenvalue weighted by atomic mass is 15.2. The van der Waals surface area contributed by atoms with E-state index in [2.05, 4.69) is 15.5 Å². The Bertz CT molecular complexity index is 187. The van der Waals surface area contributed by atoms with Crippen LogP contribution in [-0.2, 0) is 0 Å². The van der Waals surface area contributed by atoms with Crippen molar-refractivity contribution in [3.63, 3.8) is 0 Å². The lowest BCUT2D eigenvalue weighted by atomic mass is 10.1. The fourth-order valence-electron chi connectivity index (χ4n) is 2.43. The molecule has 2 aliphatic heterocycles. The molecule has 0 spiro atoms. The molecule has 13 heavy (non-hydrogen) atoms. The van der Waals surface area contributed by atoms with Crippen molar-refractivity contribution in [2.75, 3.05) is 26.2 Å². The van der Waals surface area contributed by atoms with Crippen molar-refractivity contribution in [1.29, 1.82) is 0 Å². The molecule has 3 rings (SSSR count). The number of hydrogen-bond acceptors (Lipinski definition) is 3. The van der Waals surface area contributed by atoms with Gasteiger partial charge in [0.1, 0.15) is 0 Å². The summed E-state index contributed by atoms with van der Waals surface area (Å²) in [7, 11) is 0. The smallest absolute Gasteiger partial charge is 0.0320 e. The number of nitrogens with zero attached hydrogens (tertiary/aromatic N) is 1. The van der Waals surface area contributed by atoms with Gasteiger partial charge in [-0.3, -0.25) is 4.90 Å². The van der Waals surface area contributed by atoms with E-state index < -0.39 is 0 Å².